The third-order valence-corrected chi connectivity index (χ3v) is 3.24. The van der Waals surface area contributed by atoms with Gasteiger partial charge in [0, 0.05) is 5.56 Å². The highest BCUT2D eigenvalue weighted by Gasteiger charge is 2.26. The molecular formula is C15H10FN3. The number of benzene rings is 2. The van der Waals surface area contributed by atoms with Crippen LogP contribution in [0.1, 0.15) is 16.7 Å². The lowest BCUT2D eigenvalue weighted by Crippen LogP contribution is -2.24. The molecule has 19 heavy (non-hydrogen) atoms. The van der Waals surface area contributed by atoms with Crippen LogP contribution in [0.15, 0.2) is 42.5 Å². The van der Waals surface area contributed by atoms with E-state index in [-0.39, 0.29) is 5.56 Å². The second-order valence-electron chi connectivity index (χ2n) is 4.37. The Kier molecular flexibility index (Phi) is 2.53. The molecule has 0 bridgehead atoms. The van der Waals surface area contributed by atoms with E-state index in [1.54, 1.807) is 11.0 Å². The quantitative estimate of drug-likeness (QED) is 0.846. The van der Waals surface area contributed by atoms with Crippen LogP contribution in [-0.4, -0.2) is 5.84 Å². The van der Waals surface area contributed by atoms with E-state index in [0.717, 1.165) is 11.1 Å². The molecule has 0 saturated carbocycles. The zero-order valence-corrected chi connectivity index (χ0v) is 10.0. The molecule has 1 heterocycles. The van der Waals surface area contributed by atoms with Crippen molar-refractivity contribution >= 4 is 11.5 Å². The van der Waals surface area contributed by atoms with Crippen molar-refractivity contribution in [3.8, 4) is 6.07 Å². The first-order valence-corrected chi connectivity index (χ1v) is 5.84. The molecule has 0 fully saturated rings. The topological polar surface area (TPSA) is 50.9 Å². The van der Waals surface area contributed by atoms with E-state index in [4.69, 9.17) is 10.7 Å². The molecule has 0 saturated heterocycles. The van der Waals surface area contributed by atoms with E-state index in [9.17, 15) is 4.39 Å². The summed E-state index contributed by atoms with van der Waals surface area (Å²) in [6, 6.07) is 13.7. The number of hydrogen-bond acceptors (Lipinski definition) is 2. The Balaban J connectivity index is 2.08. The van der Waals surface area contributed by atoms with Crippen molar-refractivity contribution in [1.82, 2.24) is 0 Å². The molecule has 2 aromatic carbocycles. The summed E-state index contributed by atoms with van der Waals surface area (Å²) in [7, 11) is 0. The van der Waals surface area contributed by atoms with Gasteiger partial charge in [-0.1, -0.05) is 24.3 Å². The maximum absolute atomic E-state index is 13.2. The molecular weight excluding hydrogens is 241 g/mol. The average molecular weight is 251 g/mol. The lowest BCUT2D eigenvalue weighted by Gasteiger charge is -2.19. The van der Waals surface area contributed by atoms with Crippen LogP contribution in [0.5, 0.6) is 0 Å². The predicted octanol–water partition coefficient (Wildman–Crippen LogP) is 3.04. The number of nitrogens with zero attached hydrogens (tertiary/aromatic N) is 2. The molecule has 0 atom stereocenters. The Hall–Kier alpha value is -2.67. The summed E-state index contributed by atoms with van der Waals surface area (Å²) >= 11 is 0. The molecule has 1 aliphatic rings. The number of nitriles is 1. The third-order valence-electron chi connectivity index (χ3n) is 3.24. The van der Waals surface area contributed by atoms with Gasteiger partial charge in [0.2, 0.25) is 0 Å². The van der Waals surface area contributed by atoms with E-state index in [1.807, 2.05) is 30.3 Å². The molecule has 0 spiro atoms. The molecule has 2 aromatic rings. The van der Waals surface area contributed by atoms with Gasteiger partial charge in [-0.05, 0) is 23.8 Å². The number of fused-ring (bicyclic) bond motifs is 1. The normalized spacial score (nSPS) is 13.3. The second kappa shape index (κ2) is 4.21. The Morgan fingerprint density at radius 1 is 1.21 bits per heavy atom. The maximum atomic E-state index is 13.2. The third kappa shape index (κ3) is 1.76. The molecule has 0 unspecified atom stereocenters. The number of amidine groups is 1. The fourth-order valence-electron chi connectivity index (χ4n) is 2.32. The van der Waals surface area contributed by atoms with E-state index in [2.05, 4.69) is 0 Å². The summed E-state index contributed by atoms with van der Waals surface area (Å²) in [4.78, 5) is 1.72. The van der Waals surface area contributed by atoms with Crippen LogP contribution in [-0.2, 0) is 6.54 Å². The maximum Gasteiger partial charge on any atom is 0.133 e. The SMILES string of the molecule is N#Cc1cc(F)ccc1N1Cc2ccccc2C1=N. The molecule has 3 rings (SSSR count). The molecule has 0 aliphatic carbocycles. The minimum atomic E-state index is -0.441. The number of anilines is 1. The van der Waals surface area contributed by atoms with Gasteiger partial charge in [0.1, 0.15) is 17.7 Å². The first kappa shape index (κ1) is 11.4. The van der Waals surface area contributed by atoms with Crippen molar-refractivity contribution < 1.29 is 4.39 Å². The van der Waals surface area contributed by atoms with Crippen molar-refractivity contribution in [2.75, 3.05) is 4.90 Å². The summed E-state index contributed by atoms with van der Waals surface area (Å²) in [6.45, 7) is 0.537. The molecule has 0 amide bonds. The summed E-state index contributed by atoms with van der Waals surface area (Å²) in [5.74, 6) is -0.0951. The Bertz CT molecular complexity index is 716. The molecule has 0 aromatic heterocycles. The number of hydrogen-bond donors (Lipinski definition) is 1. The molecule has 1 N–H and O–H groups in total. The van der Waals surface area contributed by atoms with Gasteiger partial charge < -0.3 is 4.90 Å². The van der Waals surface area contributed by atoms with Gasteiger partial charge >= 0.3 is 0 Å². The van der Waals surface area contributed by atoms with Gasteiger partial charge in [-0.3, -0.25) is 5.41 Å². The molecule has 1 aliphatic heterocycles. The Morgan fingerprint density at radius 2 is 2.00 bits per heavy atom. The zero-order valence-electron chi connectivity index (χ0n) is 10.0. The van der Waals surface area contributed by atoms with Crippen molar-refractivity contribution in [3.63, 3.8) is 0 Å². The van der Waals surface area contributed by atoms with Crippen molar-refractivity contribution in [2.45, 2.75) is 6.54 Å². The van der Waals surface area contributed by atoms with E-state index in [1.165, 1.54) is 12.1 Å². The smallest absolute Gasteiger partial charge is 0.133 e. The predicted molar refractivity (Wildman–Crippen MR) is 70.6 cm³/mol. The van der Waals surface area contributed by atoms with E-state index < -0.39 is 5.82 Å². The summed E-state index contributed by atoms with van der Waals surface area (Å²) in [5, 5.41) is 17.3. The monoisotopic (exact) mass is 251 g/mol. The minimum absolute atomic E-state index is 0.248. The minimum Gasteiger partial charge on any atom is -0.321 e. The van der Waals surface area contributed by atoms with Gasteiger partial charge in [-0.15, -0.1) is 0 Å². The lowest BCUT2D eigenvalue weighted by molar-refractivity contribution is 0.627. The van der Waals surface area contributed by atoms with Gasteiger partial charge in [0.15, 0.2) is 0 Å². The van der Waals surface area contributed by atoms with Gasteiger partial charge in [-0.25, -0.2) is 4.39 Å². The summed E-state index contributed by atoms with van der Waals surface area (Å²) in [6.07, 6.45) is 0. The van der Waals surface area contributed by atoms with Crippen LogP contribution < -0.4 is 4.90 Å². The van der Waals surface area contributed by atoms with Crippen LogP contribution in [0.4, 0.5) is 10.1 Å². The van der Waals surface area contributed by atoms with E-state index in [0.29, 0.717) is 18.1 Å². The van der Waals surface area contributed by atoms with Crippen molar-refractivity contribution in [1.29, 1.82) is 10.7 Å². The van der Waals surface area contributed by atoms with Crippen LogP contribution >= 0.6 is 0 Å². The first-order chi connectivity index (χ1) is 9.20. The second-order valence-corrected chi connectivity index (χ2v) is 4.37. The summed E-state index contributed by atoms with van der Waals surface area (Å²) in [5.41, 5.74) is 2.72. The first-order valence-electron chi connectivity index (χ1n) is 5.84. The van der Waals surface area contributed by atoms with Crippen LogP contribution in [0.2, 0.25) is 0 Å². The molecule has 92 valence electrons. The lowest BCUT2D eigenvalue weighted by atomic mass is 10.1. The van der Waals surface area contributed by atoms with Gasteiger partial charge in [0.25, 0.3) is 0 Å². The molecule has 0 radical (unpaired) electrons. The number of rotatable bonds is 1. The Labute approximate surface area is 110 Å². The van der Waals surface area contributed by atoms with Crippen LogP contribution in [0.3, 0.4) is 0 Å². The van der Waals surface area contributed by atoms with E-state index >= 15 is 0 Å². The highest BCUT2D eigenvalue weighted by Crippen LogP contribution is 2.30. The molecule has 4 heteroatoms. The Morgan fingerprint density at radius 3 is 2.74 bits per heavy atom. The average Bonchev–Trinajstić information content (AvgIpc) is 2.76. The fourth-order valence-corrected chi connectivity index (χ4v) is 2.32. The van der Waals surface area contributed by atoms with Gasteiger partial charge in [0.05, 0.1) is 17.8 Å². The molecule has 3 nitrogen and oxygen atoms in total. The van der Waals surface area contributed by atoms with Crippen molar-refractivity contribution in [3.05, 3.63) is 65.0 Å². The highest BCUT2D eigenvalue weighted by molar-refractivity contribution is 6.12. The standard InChI is InChI=1S/C15H10FN3/c16-12-5-6-14(11(7-12)8-17)19-9-10-3-1-2-4-13(10)15(19)18/h1-7,18H,9H2. The summed E-state index contributed by atoms with van der Waals surface area (Å²) < 4.78 is 13.2. The van der Waals surface area contributed by atoms with Crippen LogP contribution in [0, 0.1) is 22.6 Å². The zero-order chi connectivity index (χ0) is 13.4. The van der Waals surface area contributed by atoms with Crippen LogP contribution in [0.25, 0.3) is 0 Å². The van der Waals surface area contributed by atoms with Crippen molar-refractivity contribution in [2.24, 2.45) is 0 Å². The number of nitrogens with one attached hydrogen (secondary N) is 1. The highest BCUT2D eigenvalue weighted by atomic mass is 19.1. The largest absolute Gasteiger partial charge is 0.321 e. The number of halogens is 1. The fraction of sp³-hybridized carbons (Fsp3) is 0.0667. The van der Waals surface area contributed by atoms with Gasteiger partial charge in [-0.2, -0.15) is 5.26 Å².